The average Bonchev–Trinajstić information content (AvgIpc) is 2.69. The Hall–Kier alpha value is -1.67. The smallest absolute Gasteiger partial charge is 0.307 e. The maximum Gasteiger partial charge on any atom is 0.307 e. The summed E-state index contributed by atoms with van der Waals surface area (Å²) >= 11 is 0. The second-order valence-corrected chi connectivity index (χ2v) is 6.73. The molecule has 8 heteroatoms. The van der Waals surface area contributed by atoms with Crippen LogP contribution in [0, 0.1) is 0 Å². The molecule has 0 atom stereocenters. The SMILES string of the molecule is CCCCCCOC(=O)CCNCCN(CCC(=O)OCC)CCC(=O)OCC. The Balaban J connectivity index is 4.02. The summed E-state index contributed by atoms with van der Waals surface area (Å²) in [4.78, 5) is 36.8. The molecule has 0 saturated heterocycles. The van der Waals surface area contributed by atoms with Gasteiger partial charge in [0.15, 0.2) is 0 Å². The first-order chi connectivity index (χ1) is 14.0. The van der Waals surface area contributed by atoms with Crippen molar-refractivity contribution in [2.75, 3.05) is 52.5 Å². The van der Waals surface area contributed by atoms with E-state index < -0.39 is 0 Å². The molecular formula is C21H40N2O6. The second-order valence-electron chi connectivity index (χ2n) is 6.73. The number of rotatable bonds is 19. The predicted octanol–water partition coefficient (Wildman–Crippen LogP) is 2.30. The number of hydrogen-bond donors (Lipinski definition) is 1. The highest BCUT2D eigenvalue weighted by molar-refractivity contribution is 5.70. The quantitative estimate of drug-likeness (QED) is 0.195. The number of hydrogen-bond acceptors (Lipinski definition) is 8. The van der Waals surface area contributed by atoms with Crippen molar-refractivity contribution in [2.45, 2.75) is 65.7 Å². The van der Waals surface area contributed by atoms with Gasteiger partial charge in [-0.3, -0.25) is 14.4 Å². The molecule has 0 radical (unpaired) electrons. The third kappa shape index (κ3) is 18.1. The van der Waals surface area contributed by atoms with Gasteiger partial charge in [-0.2, -0.15) is 0 Å². The van der Waals surface area contributed by atoms with E-state index in [0.29, 0.717) is 59.0 Å². The van der Waals surface area contributed by atoms with Crippen molar-refractivity contribution in [1.29, 1.82) is 0 Å². The summed E-state index contributed by atoms with van der Waals surface area (Å²) in [6.45, 7) is 9.78. The van der Waals surface area contributed by atoms with E-state index in [-0.39, 0.29) is 30.7 Å². The second kappa shape index (κ2) is 19.6. The van der Waals surface area contributed by atoms with E-state index in [4.69, 9.17) is 14.2 Å². The summed E-state index contributed by atoms with van der Waals surface area (Å²) in [5.41, 5.74) is 0. The molecule has 0 aromatic carbocycles. The van der Waals surface area contributed by atoms with Gasteiger partial charge in [-0.1, -0.05) is 26.2 Å². The summed E-state index contributed by atoms with van der Waals surface area (Å²) in [6, 6.07) is 0. The summed E-state index contributed by atoms with van der Waals surface area (Å²) in [7, 11) is 0. The van der Waals surface area contributed by atoms with Crippen LogP contribution >= 0.6 is 0 Å². The third-order valence-corrected chi connectivity index (χ3v) is 4.25. The fourth-order valence-electron chi connectivity index (χ4n) is 2.64. The third-order valence-electron chi connectivity index (χ3n) is 4.25. The maximum absolute atomic E-state index is 11.7. The Labute approximate surface area is 175 Å². The molecule has 0 aliphatic carbocycles. The van der Waals surface area contributed by atoms with Crippen LogP contribution in [0.2, 0.25) is 0 Å². The first-order valence-corrected chi connectivity index (χ1v) is 10.9. The lowest BCUT2D eigenvalue weighted by molar-refractivity contribution is -0.145. The van der Waals surface area contributed by atoms with Crippen LogP contribution in [0.5, 0.6) is 0 Å². The van der Waals surface area contributed by atoms with E-state index in [1.165, 1.54) is 6.42 Å². The lowest BCUT2D eigenvalue weighted by Crippen LogP contribution is -2.36. The van der Waals surface area contributed by atoms with E-state index in [2.05, 4.69) is 12.2 Å². The van der Waals surface area contributed by atoms with Gasteiger partial charge in [0.05, 0.1) is 39.1 Å². The monoisotopic (exact) mass is 416 g/mol. The Bertz CT molecular complexity index is 423. The summed E-state index contributed by atoms with van der Waals surface area (Å²) < 4.78 is 15.1. The predicted molar refractivity (Wildman–Crippen MR) is 112 cm³/mol. The normalized spacial score (nSPS) is 10.8. The molecule has 0 aliphatic rings. The van der Waals surface area contributed by atoms with Crippen molar-refractivity contribution in [1.82, 2.24) is 10.2 Å². The van der Waals surface area contributed by atoms with Gasteiger partial charge < -0.3 is 24.4 Å². The van der Waals surface area contributed by atoms with E-state index >= 15 is 0 Å². The van der Waals surface area contributed by atoms with E-state index in [9.17, 15) is 14.4 Å². The number of nitrogens with zero attached hydrogens (tertiary/aromatic N) is 1. The van der Waals surface area contributed by atoms with Crippen LogP contribution in [0.25, 0.3) is 0 Å². The highest BCUT2D eigenvalue weighted by atomic mass is 16.5. The molecule has 0 aromatic rings. The standard InChI is InChI=1S/C21H40N2O6/c1-4-7-8-9-18-29-19(24)10-13-22-14-17-23(15-11-20(25)27-5-2)16-12-21(26)28-6-3/h22H,4-18H2,1-3H3. The minimum Gasteiger partial charge on any atom is -0.466 e. The highest BCUT2D eigenvalue weighted by Crippen LogP contribution is 2.00. The van der Waals surface area contributed by atoms with Crippen LogP contribution < -0.4 is 5.32 Å². The lowest BCUT2D eigenvalue weighted by Gasteiger charge is -2.21. The number of carbonyl (C=O) groups excluding carboxylic acids is 3. The molecule has 0 aromatic heterocycles. The molecule has 0 fully saturated rings. The van der Waals surface area contributed by atoms with Crippen molar-refractivity contribution in [3.63, 3.8) is 0 Å². The van der Waals surface area contributed by atoms with Crippen LogP contribution in [-0.2, 0) is 28.6 Å². The van der Waals surface area contributed by atoms with Gasteiger partial charge >= 0.3 is 17.9 Å². The number of unbranched alkanes of at least 4 members (excludes halogenated alkanes) is 3. The van der Waals surface area contributed by atoms with Gasteiger partial charge in [-0.15, -0.1) is 0 Å². The van der Waals surface area contributed by atoms with Crippen LogP contribution in [-0.4, -0.2) is 75.4 Å². The first kappa shape index (κ1) is 27.3. The fraction of sp³-hybridized carbons (Fsp3) is 0.857. The molecule has 8 nitrogen and oxygen atoms in total. The number of ether oxygens (including phenoxy) is 3. The van der Waals surface area contributed by atoms with Gasteiger partial charge in [-0.25, -0.2) is 0 Å². The Kier molecular flexibility index (Phi) is 18.5. The van der Waals surface area contributed by atoms with Crippen LogP contribution in [0.15, 0.2) is 0 Å². The molecule has 170 valence electrons. The minimum absolute atomic E-state index is 0.185. The molecule has 0 spiro atoms. The van der Waals surface area contributed by atoms with E-state index in [0.717, 1.165) is 19.3 Å². The van der Waals surface area contributed by atoms with E-state index in [1.807, 2.05) is 4.90 Å². The van der Waals surface area contributed by atoms with Gasteiger partial charge in [0.1, 0.15) is 0 Å². The molecule has 0 rings (SSSR count). The minimum atomic E-state index is -0.247. The van der Waals surface area contributed by atoms with Crippen molar-refractivity contribution in [2.24, 2.45) is 0 Å². The molecule has 0 amide bonds. The van der Waals surface area contributed by atoms with Crippen LogP contribution in [0.3, 0.4) is 0 Å². The molecule has 0 unspecified atom stereocenters. The molecule has 0 bridgehead atoms. The van der Waals surface area contributed by atoms with E-state index in [1.54, 1.807) is 13.8 Å². The Morgan fingerprint density at radius 1 is 0.690 bits per heavy atom. The molecule has 0 aliphatic heterocycles. The summed E-state index contributed by atoms with van der Waals surface area (Å²) in [6.07, 6.45) is 5.23. The van der Waals surface area contributed by atoms with Crippen molar-refractivity contribution in [3.05, 3.63) is 0 Å². The molecule has 0 saturated carbocycles. The largest absolute Gasteiger partial charge is 0.466 e. The Morgan fingerprint density at radius 3 is 1.83 bits per heavy atom. The van der Waals surface area contributed by atoms with Gasteiger partial charge in [0.2, 0.25) is 0 Å². The van der Waals surface area contributed by atoms with Crippen molar-refractivity contribution in [3.8, 4) is 0 Å². The van der Waals surface area contributed by atoms with Crippen molar-refractivity contribution >= 4 is 17.9 Å². The molecular weight excluding hydrogens is 376 g/mol. The first-order valence-electron chi connectivity index (χ1n) is 10.9. The van der Waals surface area contributed by atoms with Gasteiger partial charge in [0.25, 0.3) is 0 Å². The Morgan fingerprint density at radius 2 is 1.28 bits per heavy atom. The zero-order chi connectivity index (χ0) is 21.7. The molecule has 1 N–H and O–H groups in total. The topological polar surface area (TPSA) is 94.2 Å². The van der Waals surface area contributed by atoms with Crippen molar-refractivity contribution < 1.29 is 28.6 Å². The summed E-state index contributed by atoms with van der Waals surface area (Å²) in [5.74, 6) is -0.679. The van der Waals surface area contributed by atoms with Gasteiger partial charge in [0, 0.05) is 32.7 Å². The number of nitrogens with one attached hydrogen (secondary N) is 1. The lowest BCUT2D eigenvalue weighted by atomic mass is 10.2. The maximum atomic E-state index is 11.7. The van der Waals surface area contributed by atoms with Crippen LogP contribution in [0.4, 0.5) is 0 Å². The fourth-order valence-corrected chi connectivity index (χ4v) is 2.64. The number of carbonyl (C=O) groups is 3. The zero-order valence-corrected chi connectivity index (χ0v) is 18.5. The molecule has 29 heavy (non-hydrogen) atoms. The highest BCUT2D eigenvalue weighted by Gasteiger charge is 2.12. The molecule has 0 heterocycles. The zero-order valence-electron chi connectivity index (χ0n) is 18.5. The average molecular weight is 417 g/mol. The number of esters is 3. The van der Waals surface area contributed by atoms with Crippen LogP contribution in [0.1, 0.15) is 65.7 Å². The summed E-state index contributed by atoms with van der Waals surface area (Å²) in [5, 5.41) is 3.21. The van der Waals surface area contributed by atoms with Gasteiger partial charge in [-0.05, 0) is 20.3 Å².